The van der Waals surface area contributed by atoms with E-state index in [1.54, 1.807) is 0 Å². The SMILES string of the molecule is CCc1cccc2c(N)c(I)c(C)nc12. The maximum atomic E-state index is 6.10. The predicted octanol–water partition coefficient (Wildman–Crippen LogP) is 3.29. The second kappa shape index (κ2) is 3.96. The van der Waals surface area contributed by atoms with E-state index in [2.05, 4.69) is 40.6 Å². The van der Waals surface area contributed by atoms with E-state index in [1.165, 1.54) is 5.56 Å². The second-order valence-electron chi connectivity index (χ2n) is 3.59. The van der Waals surface area contributed by atoms with Crippen LogP contribution in [0.1, 0.15) is 18.2 Å². The number of halogens is 1. The van der Waals surface area contributed by atoms with Crippen molar-refractivity contribution in [3.05, 3.63) is 33.0 Å². The van der Waals surface area contributed by atoms with Crippen molar-refractivity contribution in [1.29, 1.82) is 0 Å². The van der Waals surface area contributed by atoms with Gasteiger partial charge in [0, 0.05) is 5.39 Å². The molecule has 78 valence electrons. The number of nitrogens with zero attached hydrogens (tertiary/aromatic N) is 1. The van der Waals surface area contributed by atoms with Gasteiger partial charge in [0.25, 0.3) is 0 Å². The lowest BCUT2D eigenvalue weighted by Crippen LogP contribution is -1.99. The molecule has 0 aliphatic rings. The molecular weight excluding hydrogens is 299 g/mol. The summed E-state index contributed by atoms with van der Waals surface area (Å²) in [5.74, 6) is 0. The molecule has 2 aromatic rings. The van der Waals surface area contributed by atoms with Gasteiger partial charge in [0.2, 0.25) is 0 Å². The molecule has 2 nitrogen and oxygen atoms in total. The summed E-state index contributed by atoms with van der Waals surface area (Å²) in [7, 11) is 0. The molecule has 3 heteroatoms. The Morgan fingerprint density at radius 1 is 1.40 bits per heavy atom. The zero-order chi connectivity index (χ0) is 11.0. The molecule has 0 aliphatic heterocycles. The Bertz CT molecular complexity index is 521. The largest absolute Gasteiger partial charge is 0.397 e. The number of aromatic nitrogens is 1. The fourth-order valence-electron chi connectivity index (χ4n) is 1.76. The molecule has 0 saturated carbocycles. The van der Waals surface area contributed by atoms with E-state index in [9.17, 15) is 0 Å². The highest BCUT2D eigenvalue weighted by atomic mass is 127. The molecule has 0 atom stereocenters. The molecule has 0 aliphatic carbocycles. The molecule has 1 heterocycles. The first kappa shape index (κ1) is 10.7. The fraction of sp³-hybridized carbons (Fsp3) is 0.250. The van der Waals surface area contributed by atoms with Gasteiger partial charge in [-0.05, 0) is 41.5 Å². The topological polar surface area (TPSA) is 38.9 Å². The summed E-state index contributed by atoms with van der Waals surface area (Å²) in [6.07, 6.45) is 0.990. The third kappa shape index (κ3) is 1.69. The number of nitrogen functional groups attached to an aromatic ring is 1. The number of fused-ring (bicyclic) bond motifs is 1. The number of hydrogen-bond acceptors (Lipinski definition) is 2. The van der Waals surface area contributed by atoms with Crippen LogP contribution in [0.2, 0.25) is 0 Å². The van der Waals surface area contributed by atoms with Crippen molar-refractivity contribution < 1.29 is 0 Å². The smallest absolute Gasteiger partial charge is 0.0758 e. The summed E-state index contributed by atoms with van der Waals surface area (Å²) in [5.41, 5.74) is 10.3. The van der Waals surface area contributed by atoms with E-state index in [0.717, 1.165) is 32.3 Å². The lowest BCUT2D eigenvalue weighted by Gasteiger charge is -2.09. The van der Waals surface area contributed by atoms with Gasteiger partial charge in [0.05, 0.1) is 20.5 Å². The molecule has 0 amide bonds. The number of aryl methyl sites for hydroxylation is 2. The first-order chi connectivity index (χ1) is 7.15. The van der Waals surface area contributed by atoms with Gasteiger partial charge in [-0.25, -0.2) is 0 Å². The van der Waals surface area contributed by atoms with E-state index >= 15 is 0 Å². The summed E-state index contributed by atoms with van der Waals surface area (Å²) in [4.78, 5) is 4.62. The molecule has 0 fully saturated rings. The number of nitrogens with two attached hydrogens (primary N) is 1. The van der Waals surface area contributed by atoms with Crippen molar-refractivity contribution in [3.8, 4) is 0 Å². The first-order valence-corrected chi connectivity index (χ1v) is 6.06. The van der Waals surface area contributed by atoms with Crippen LogP contribution in [0.5, 0.6) is 0 Å². The Balaban J connectivity index is 2.91. The predicted molar refractivity (Wildman–Crippen MR) is 73.0 cm³/mol. The minimum Gasteiger partial charge on any atom is -0.397 e. The van der Waals surface area contributed by atoms with Crippen LogP contribution in [0.25, 0.3) is 10.9 Å². The highest BCUT2D eigenvalue weighted by Gasteiger charge is 2.09. The molecular formula is C12H13IN2. The lowest BCUT2D eigenvalue weighted by atomic mass is 10.1. The van der Waals surface area contributed by atoms with Crippen LogP contribution in [0, 0.1) is 10.5 Å². The average molecular weight is 312 g/mol. The Hall–Kier alpha value is -0.840. The van der Waals surface area contributed by atoms with E-state index in [-0.39, 0.29) is 0 Å². The lowest BCUT2D eigenvalue weighted by molar-refractivity contribution is 1.13. The second-order valence-corrected chi connectivity index (χ2v) is 4.67. The van der Waals surface area contributed by atoms with Gasteiger partial charge < -0.3 is 5.73 Å². The van der Waals surface area contributed by atoms with Gasteiger partial charge in [0.1, 0.15) is 0 Å². The minimum absolute atomic E-state index is 0.855. The zero-order valence-corrected chi connectivity index (χ0v) is 11.0. The van der Waals surface area contributed by atoms with Crippen LogP contribution in [0.4, 0.5) is 5.69 Å². The summed E-state index contributed by atoms with van der Waals surface area (Å²) >= 11 is 2.25. The summed E-state index contributed by atoms with van der Waals surface area (Å²) in [5, 5.41) is 1.07. The van der Waals surface area contributed by atoms with Gasteiger partial charge in [-0.2, -0.15) is 0 Å². The number of pyridine rings is 1. The van der Waals surface area contributed by atoms with E-state index in [0.29, 0.717) is 0 Å². The first-order valence-electron chi connectivity index (χ1n) is 4.98. The highest BCUT2D eigenvalue weighted by Crippen LogP contribution is 2.28. The average Bonchev–Trinajstić information content (AvgIpc) is 2.25. The Labute approximate surface area is 103 Å². The third-order valence-electron chi connectivity index (χ3n) is 2.62. The van der Waals surface area contributed by atoms with E-state index in [4.69, 9.17) is 5.73 Å². The van der Waals surface area contributed by atoms with Crippen LogP contribution in [-0.2, 0) is 6.42 Å². The van der Waals surface area contributed by atoms with Gasteiger partial charge in [-0.3, -0.25) is 4.98 Å². The van der Waals surface area contributed by atoms with Crippen LogP contribution in [-0.4, -0.2) is 4.98 Å². The normalized spacial score (nSPS) is 10.9. The zero-order valence-electron chi connectivity index (χ0n) is 8.84. The highest BCUT2D eigenvalue weighted by molar-refractivity contribution is 14.1. The number of rotatable bonds is 1. The number of benzene rings is 1. The molecule has 1 aromatic carbocycles. The van der Waals surface area contributed by atoms with Crippen molar-refractivity contribution >= 4 is 39.2 Å². The number of anilines is 1. The standard InChI is InChI=1S/C12H13IN2/c1-3-8-5-4-6-9-11(14)10(13)7(2)15-12(8)9/h4-6H,3H2,1-2H3,(H2,14,15). The maximum absolute atomic E-state index is 6.10. The van der Waals surface area contributed by atoms with E-state index in [1.807, 2.05) is 19.1 Å². The number of para-hydroxylation sites is 1. The van der Waals surface area contributed by atoms with Gasteiger partial charge in [0.15, 0.2) is 0 Å². The van der Waals surface area contributed by atoms with E-state index < -0.39 is 0 Å². The molecule has 1 aromatic heterocycles. The van der Waals surface area contributed by atoms with Crippen LogP contribution in [0.15, 0.2) is 18.2 Å². The summed E-state index contributed by atoms with van der Waals surface area (Å²) in [6.45, 7) is 4.14. The summed E-state index contributed by atoms with van der Waals surface area (Å²) in [6, 6.07) is 6.20. The molecule has 0 spiro atoms. The van der Waals surface area contributed by atoms with Crippen LogP contribution < -0.4 is 5.73 Å². The summed E-state index contributed by atoms with van der Waals surface area (Å²) < 4.78 is 1.06. The van der Waals surface area contributed by atoms with Crippen LogP contribution in [0.3, 0.4) is 0 Å². The molecule has 15 heavy (non-hydrogen) atoms. The van der Waals surface area contributed by atoms with Crippen LogP contribution >= 0.6 is 22.6 Å². The van der Waals surface area contributed by atoms with Crippen molar-refractivity contribution in [2.75, 3.05) is 5.73 Å². The Morgan fingerprint density at radius 3 is 2.80 bits per heavy atom. The van der Waals surface area contributed by atoms with Crippen molar-refractivity contribution in [2.45, 2.75) is 20.3 Å². The molecule has 0 unspecified atom stereocenters. The molecule has 0 bridgehead atoms. The number of hydrogen-bond donors (Lipinski definition) is 1. The minimum atomic E-state index is 0.855. The molecule has 0 radical (unpaired) electrons. The van der Waals surface area contributed by atoms with Gasteiger partial charge in [-0.15, -0.1) is 0 Å². The maximum Gasteiger partial charge on any atom is 0.0758 e. The molecule has 2 rings (SSSR count). The van der Waals surface area contributed by atoms with Crippen molar-refractivity contribution in [2.24, 2.45) is 0 Å². The van der Waals surface area contributed by atoms with Crippen molar-refractivity contribution in [3.63, 3.8) is 0 Å². The van der Waals surface area contributed by atoms with Crippen molar-refractivity contribution in [1.82, 2.24) is 4.98 Å². The van der Waals surface area contributed by atoms with Gasteiger partial charge in [-0.1, -0.05) is 25.1 Å². The Morgan fingerprint density at radius 2 is 2.13 bits per heavy atom. The van der Waals surface area contributed by atoms with Gasteiger partial charge >= 0.3 is 0 Å². The Kier molecular flexibility index (Phi) is 2.82. The monoisotopic (exact) mass is 312 g/mol. The molecule has 2 N–H and O–H groups in total. The quantitative estimate of drug-likeness (QED) is 0.821. The fourth-order valence-corrected chi connectivity index (χ4v) is 2.17. The molecule has 0 saturated heterocycles. The third-order valence-corrected chi connectivity index (χ3v) is 3.99.